The Morgan fingerprint density at radius 2 is 1.74 bits per heavy atom. The van der Waals surface area contributed by atoms with Crippen LogP contribution >= 0.6 is 11.3 Å². The van der Waals surface area contributed by atoms with Crippen LogP contribution in [0.25, 0.3) is 11.1 Å². The van der Waals surface area contributed by atoms with Gasteiger partial charge in [0.05, 0.1) is 0 Å². The molecule has 7 heteroatoms. The van der Waals surface area contributed by atoms with Gasteiger partial charge in [-0.1, -0.05) is 42.5 Å². The fourth-order valence-electron chi connectivity index (χ4n) is 5.31. The number of rotatable bonds is 4. The van der Waals surface area contributed by atoms with Crippen LogP contribution in [0.3, 0.4) is 0 Å². The molecule has 1 fully saturated rings. The molecule has 2 aliphatic rings. The van der Waals surface area contributed by atoms with E-state index in [2.05, 4.69) is 17.1 Å². The molecular weight excluding hydrogens is 458 g/mol. The summed E-state index contributed by atoms with van der Waals surface area (Å²) in [7, 11) is 3.48. The molecule has 6 nitrogen and oxygen atoms in total. The highest BCUT2D eigenvalue weighted by Gasteiger charge is 2.71. The SMILES string of the molecule is CN(C)C(=O)c1ccc(-c2ccc(C3c4cc(O)ccc4C[C@@]34C(=O)N4c3nccs3)cc2)cc1. The van der Waals surface area contributed by atoms with E-state index in [1.807, 2.05) is 52.7 Å². The third-order valence-corrected chi connectivity index (χ3v) is 7.78. The van der Waals surface area contributed by atoms with Crippen LogP contribution in [-0.4, -0.2) is 46.4 Å². The fourth-order valence-corrected chi connectivity index (χ4v) is 6.03. The number of carbonyl (C=O) groups is 2. The predicted octanol–water partition coefficient (Wildman–Crippen LogP) is 4.69. The molecule has 6 rings (SSSR count). The van der Waals surface area contributed by atoms with E-state index in [9.17, 15) is 14.7 Å². The number of aromatic nitrogens is 1. The topological polar surface area (TPSA) is 73.5 Å². The molecule has 1 unspecified atom stereocenters. The lowest BCUT2D eigenvalue weighted by Crippen LogP contribution is -2.25. The molecule has 1 aliphatic carbocycles. The van der Waals surface area contributed by atoms with Crippen molar-refractivity contribution in [2.45, 2.75) is 17.9 Å². The Morgan fingerprint density at radius 1 is 1.06 bits per heavy atom. The molecule has 0 saturated carbocycles. The zero-order valence-electron chi connectivity index (χ0n) is 19.3. The lowest BCUT2D eigenvalue weighted by atomic mass is 9.84. The molecule has 2 atom stereocenters. The van der Waals surface area contributed by atoms with Gasteiger partial charge in [-0.2, -0.15) is 0 Å². The van der Waals surface area contributed by atoms with Crippen LogP contribution < -0.4 is 4.90 Å². The Labute approximate surface area is 207 Å². The molecule has 0 radical (unpaired) electrons. The number of benzene rings is 3. The van der Waals surface area contributed by atoms with Gasteiger partial charge in [0.15, 0.2) is 5.13 Å². The molecule has 35 heavy (non-hydrogen) atoms. The number of carbonyl (C=O) groups excluding carboxylic acids is 2. The van der Waals surface area contributed by atoms with E-state index in [4.69, 9.17) is 0 Å². The van der Waals surface area contributed by atoms with Crippen molar-refractivity contribution in [3.05, 3.63) is 101 Å². The number of phenols is 1. The average Bonchev–Trinajstić information content (AvgIpc) is 3.22. The summed E-state index contributed by atoms with van der Waals surface area (Å²) in [6.07, 6.45) is 2.31. The van der Waals surface area contributed by atoms with E-state index < -0.39 is 5.54 Å². The van der Waals surface area contributed by atoms with Crippen molar-refractivity contribution in [3.8, 4) is 16.9 Å². The Balaban J connectivity index is 1.37. The van der Waals surface area contributed by atoms with Crippen molar-refractivity contribution in [2.24, 2.45) is 0 Å². The summed E-state index contributed by atoms with van der Waals surface area (Å²) < 4.78 is 0. The number of amides is 2. The summed E-state index contributed by atoms with van der Waals surface area (Å²) in [5.41, 5.74) is 5.06. The highest BCUT2D eigenvalue weighted by Crippen LogP contribution is 2.59. The lowest BCUT2D eigenvalue weighted by Gasteiger charge is -2.20. The van der Waals surface area contributed by atoms with Crippen LogP contribution in [0.2, 0.25) is 0 Å². The van der Waals surface area contributed by atoms with Gasteiger partial charge in [0.25, 0.3) is 11.8 Å². The molecule has 1 aromatic heterocycles. The van der Waals surface area contributed by atoms with Gasteiger partial charge in [-0.05, 0) is 52.1 Å². The van der Waals surface area contributed by atoms with Gasteiger partial charge in [0.2, 0.25) is 0 Å². The van der Waals surface area contributed by atoms with Gasteiger partial charge in [0, 0.05) is 43.6 Å². The number of hydrogen-bond donors (Lipinski definition) is 1. The Hall–Kier alpha value is -3.97. The smallest absolute Gasteiger partial charge is 0.257 e. The van der Waals surface area contributed by atoms with E-state index in [1.54, 1.807) is 37.3 Å². The second-order valence-corrected chi connectivity index (χ2v) is 10.1. The number of hydrogen-bond acceptors (Lipinski definition) is 5. The highest BCUT2D eigenvalue weighted by atomic mass is 32.1. The third-order valence-electron chi connectivity index (χ3n) is 7.03. The number of nitrogens with zero attached hydrogens (tertiary/aromatic N) is 3. The molecular formula is C28H23N3O3S. The van der Waals surface area contributed by atoms with Crippen molar-refractivity contribution in [3.63, 3.8) is 0 Å². The molecule has 1 saturated heterocycles. The van der Waals surface area contributed by atoms with E-state index in [0.717, 1.165) is 27.8 Å². The summed E-state index contributed by atoms with van der Waals surface area (Å²) in [6.45, 7) is 0. The summed E-state index contributed by atoms with van der Waals surface area (Å²) in [5.74, 6) is 0.0383. The van der Waals surface area contributed by atoms with Gasteiger partial charge in [-0.25, -0.2) is 4.98 Å². The van der Waals surface area contributed by atoms with Crippen molar-refractivity contribution in [1.29, 1.82) is 0 Å². The predicted molar refractivity (Wildman–Crippen MR) is 136 cm³/mol. The number of fused-ring (bicyclic) bond motifs is 1. The van der Waals surface area contributed by atoms with Crippen LogP contribution in [0.1, 0.15) is 33.0 Å². The maximum Gasteiger partial charge on any atom is 0.257 e. The summed E-state index contributed by atoms with van der Waals surface area (Å²) in [6, 6.07) is 21.2. The number of phenolic OH excluding ortho intramolecular Hbond substituents is 1. The first kappa shape index (κ1) is 21.6. The molecule has 2 heterocycles. The first-order valence-electron chi connectivity index (χ1n) is 11.4. The minimum atomic E-state index is -0.705. The maximum absolute atomic E-state index is 13.3. The molecule has 4 aromatic rings. The second kappa shape index (κ2) is 7.78. The van der Waals surface area contributed by atoms with Gasteiger partial charge in [-0.15, -0.1) is 11.3 Å². The van der Waals surface area contributed by atoms with E-state index in [-0.39, 0.29) is 23.5 Å². The van der Waals surface area contributed by atoms with Crippen LogP contribution in [0.4, 0.5) is 5.13 Å². The third kappa shape index (κ3) is 3.26. The van der Waals surface area contributed by atoms with Gasteiger partial charge in [-0.3, -0.25) is 14.5 Å². The largest absolute Gasteiger partial charge is 0.508 e. The average molecular weight is 482 g/mol. The zero-order chi connectivity index (χ0) is 24.3. The molecule has 3 aromatic carbocycles. The quantitative estimate of drug-likeness (QED) is 0.429. The maximum atomic E-state index is 13.3. The number of anilines is 1. The van der Waals surface area contributed by atoms with Crippen LogP contribution in [0.15, 0.2) is 78.3 Å². The Kier molecular flexibility index (Phi) is 4.79. The van der Waals surface area contributed by atoms with Gasteiger partial charge < -0.3 is 10.0 Å². The first-order valence-corrected chi connectivity index (χ1v) is 12.3. The van der Waals surface area contributed by atoms with Crippen LogP contribution in [-0.2, 0) is 11.2 Å². The standard InChI is InChI=1S/C28H23N3O3S/c1-30(2)25(33)20-9-5-18(6-10-20)17-3-7-19(8-4-17)24-23-15-22(32)12-11-21(23)16-28(24)26(34)31(28)27-29-13-14-35-27/h3-15,24,32H,16H2,1-2H3/t24?,28-,31?/m0/s1. The van der Waals surface area contributed by atoms with Crippen molar-refractivity contribution >= 4 is 28.3 Å². The molecule has 0 bridgehead atoms. The second-order valence-electron chi connectivity index (χ2n) is 9.27. The van der Waals surface area contributed by atoms with Crippen molar-refractivity contribution < 1.29 is 14.7 Å². The van der Waals surface area contributed by atoms with E-state index in [1.165, 1.54) is 11.3 Å². The summed E-state index contributed by atoms with van der Waals surface area (Å²) in [5, 5.41) is 12.8. The molecule has 1 aliphatic heterocycles. The van der Waals surface area contributed by atoms with Crippen molar-refractivity contribution in [2.75, 3.05) is 19.0 Å². The molecule has 1 spiro atoms. The summed E-state index contributed by atoms with van der Waals surface area (Å²) in [4.78, 5) is 33.2. The molecule has 174 valence electrons. The number of thiazole rings is 1. The fraction of sp³-hybridized carbons (Fsp3) is 0.179. The van der Waals surface area contributed by atoms with E-state index in [0.29, 0.717) is 17.1 Å². The highest BCUT2D eigenvalue weighted by molar-refractivity contribution is 7.14. The Bertz CT molecular complexity index is 1450. The minimum Gasteiger partial charge on any atom is -0.508 e. The first-order chi connectivity index (χ1) is 16.9. The number of aromatic hydroxyl groups is 1. The van der Waals surface area contributed by atoms with Gasteiger partial charge in [0.1, 0.15) is 11.3 Å². The van der Waals surface area contributed by atoms with E-state index >= 15 is 0 Å². The zero-order valence-corrected chi connectivity index (χ0v) is 20.1. The van der Waals surface area contributed by atoms with Crippen LogP contribution in [0.5, 0.6) is 5.75 Å². The monoisotopic (exact) mass is 481 g/mol. The minimum absolute atomic E-state index is 0.0285. The van der Waals surface area contributed by atoms with Crippen molar-refractivity contribution in [1.82, 2.24) is 9.88 Å². The van der Waals surface area contributed by atoms with Gasteiger partial charge >= 0.3 is 0 Å². The molecule has 1 N–H and O–H groups in total. The normalized spacial score (nSPS) is 20.2. The summed E-state index contributed by atoms with van der Waals surface area (Å²) >= 11 is 1.46. The van der Waals surface area contributed by atoms with Crippen LogP contribution in [0, 0.1) is 0 Å². The Morgan fingerprint density at radius 3 is 2.37 bits per heavy atom. The molecule has 2 amide bonds. The lowest BCUT2D eigenvalue weighted by molar-refractivity contribution is -0.111.